The van der Waals surface area contributed by atoms with Crippen molar-refractivity contribution in [2.24, 2.45) is 0 Å². The molecule has 0 saturated heterocycles. The van der Waals surface area contributed by atoms with Crippen LogP contribution in [-0.2, 0) is 0 Å². The molecule has 20 heavy (non-hydrogen) atoms. The van der Waals surface area contributed by atoms with Gasteiger partial charge in [-0.3, -0.25) is 0 Å². The van der Waals surface area contributed by atoms with E-state index in [-0.39, 0.29) is 5.75 Å². The molecule has 0 amide bonds. The Kier molecular flexibility index (Phi) is 2.73. The van der Waals surface area contributed by atoms with E-state index in [1.54, 1.807) is 12.1 Å². The van der Waals surface area contributed by atoms with Crippen LogP contribution < -0.4 is 0 Å². The molecule has 0 saturated carbocycles. The van der Waals surface area contributed by atoms with E-state index in [1.165, 1.54) is 0 Å². The van der Waals surface area contributed by atoms with E-state index in [0.29, 0.717) is 11.3 Å². The smallest absolute Gasteiger partial charge is 0.191 e. The summed E-state index contributed by atoms with van der Waals surface area (Å²) in [5.41, 5.74) is 3.84. The number of aryl methyl sites for hydroxylation is 2. The molecule has 0 aliphatic rings. The highest BCUT2D eigenvalue weighted by atomic mass is 16.3. The Morgan fingerprint density at radius 2 is 1.90 bits per heavy atom. The van der Waals surface area contributed by atoms with E-state index in [4.69, 9.17) is 11.0 Å². The molecule has 3 nitrogen and oxygen atoms in total. The number of nitrogens with zero attached hydrogens (tertiary/aromatic N) is 1. The van der Waals surface area contributed by atoms with Gasteiger partial charge >= 0.3 is 0 Å². The second kappa shape index (κ2) is 4.43. The molecule has 1 aromatic heterocycles. The largest absolute Gasteiger partial charge is 0.508 e. The Morgan fingerprint density at radius 1 is 1.10 bits per heavy atom. The SMILES string of the molecule is [C-]#[N+]c1cc(-c2ccc(C)c(O)c2)c2cc(C)oc2c1. The summed E-state index contributed by atoms with van der Waals surface area (Å²) in [6.07, 6.45) is 0. The number of phenolic OH excluding ortho intramolecular Hbond substituents is 1. The standard InChI is InChI=1S/C17H13NO2/c1-10-4-5-12(7-16(10)19)14-8-13(18-3)9-17-15(14)6-11(2)20-17/h4-9,19H,1-2H3. The van der Waals surface area contributed by atoms with Crippen LogP contribution in [0.3, 0.4) is 0 Å². The average molecular weight is 263 g/mol. The molecule has 3 aromatic rings. The van der Waals surface area contributed by atoms with Crippen LogP contribution in [-0.4, -0.2) is 5.11 Å². The zero-order chi connectivity index (χ0) is 14.3. The highest BCUT2D eigenvalue weighted by Crippen LogP contribution is 2.36. The summed E-state index contributed by atoms with van der Waals surface area (Å²) >= 11 is 0. The maximum absolute atomic E-state index is 9.88. The predicted octanol–water partition coefficient (Wildman–Crippen LogP) is 4.97. The summed E-state index contributed by atoms with van der Waals surface area (Å²) in [6.45, 7) is 10.9. The van der Waals surface area contributed by atoms with E-state index in [9.17, 15) is 5.11 Å². The Balaban J connectivity index is 2.33. The maximum atomic E-state index is 9.88. The van der Waals surface area contributed by atoms with Gasteiger partial charge in [-0.1, -0.05) is 12.1 Å². The number of furan rings is 1. The molecule has 1 N–H and O–H groups in total. The van der Waals surface area contributed by atoms with Crippen LogP contribution in [0.5, 0.6) is 5.75 Å². The molecule has 1 heterocycles. The molecule has 0 fully saturated rings. The van der Waals surface area contributed by atoms with Gasteiger partial charge in [-0.2, -0.15) is 0 Å². The third-order valence-corrected chi connectivity index (χ3v) is 3.39. The second-order valence-electron chi connectivity index (χ2n) is 4.88. The van der Waals surface area contributed by atoms with Gasteiger partial charge in [0.25, 0.3) is 0 Å². The van der Waals surface area contributed by atoms with E-state index in [0.717, 1.165) is 27.8 Å². The third kappa shape index (κ3) is 1.92. The van der Waals surface area contributed by atoms with Crippen molar-refractivity contribution >= 4 is 16.7 Å². The van der Waals surface area contributed by atoms with Crippen molar-refractivity contribution in [2.75, 3.05) is 0 Å². The number of aromatic hydroxyl groups is 1. The van der Waals surface area contributed by atoms with Gasteiger partial charge in [0.15, 0.2) is 5.69 Å². The van der Waals surface area contributed by atoms with Crippen molar-refractivity contribution in [2.45, 2.75) is 13.8 Å². The van der Waals surface area contributed by atoms with Gasteiger partial charge in [-0.15, -0.1) is 0 Å². The molecule has 0 radical (unpaired) electrons. The molecule has 0 unspecified atom stereocenters. The molecule has 0 aliphatic carbocycles. The average Bonchev–Trinajstić information content (AvgIpc) is 2.80. The molecule has 2 aromatic carbocycles. The Bertz CT molecular complexity index is 853. The first-order valence-corrected chi connectivity index (χ1v) is 6.30. The fourth-order valence-corrected chi connectivity index (χ4v) is 2.33. The minimum atomic E-state index is 0.254. The first-order chi connectivity index (χ1) is 9.58. The number of benzene rings is 2. The van der Waals surface area contributed by atoms with E-state index in [1.807, 2.05) is 38.1 Å². The molecule has 0 atom stereocenters. The van der Waals surface area contributed by atoms with Crippen LogP contribution in [0.4, 0.5) is 5.69 Å². The molecular formula is C17H13NO2. The molecule has 0 spiro atoms. The Morgan fingerprint density at radius 3 is 2.60 bits per heavy atom. The fraction of sp³-hybridized carbons (Fsp3) is 0.118. The molecule has 3 rings (SSSR count). The lowest BCUT2D eigenvalue weighted by Gasteiger charge is -2.06. The maximum Gasteiger partial charge on any atom is 0.191 e. The minimum Gasteiger partial charge on any atom is -0.508 e. The van der Waals surface area contributed by atoms with Gasteiger partial charge in [0.1, 0.15) is 17.1 Å². The molecule has 98 valence electrons. The van der Waals surface area contributed by atoms with Crippen LogP contribution in [0.2, 0.25) is 0 Å². The summed E-state index contributed by atoms with van der Waals surface area (Å²) in [5, 5.41) is 10.8. The van der Waals surface area contributed by atoms with E-state index >= 15 is 0 Å². The molecule has 3 heteroatoms. The number of hydrogen-bond acceptors (Lipinski definition) is 2. The fourth-order valence-electron chi connectivity index (χ4n) is 2.33. The quantitative estimate of drug-likeness (QED) is 0.629. The lowest BCUT2D eigenvalue weighted by Crippen LogP contribution is -1.81. The minimum absolute atomic E-state index is 0.254. The highest BCUT2D eigenvalue weighted by Gasteiger charge is 2.11. The van der Waals surface area contributed by atoms with Crippen LogP contribution in [0.15, 0.2) is 40.8 Å². The topological polar surface area (TPSA) is 37.7 Å². The second-order valence-corrected chi connectivity index (χ2v) is 4.88. The van der Waals surface area contributed by atoms with Crippen molar-refractivity contribution in [3.8, 4) is 16.9 Å². The van der Waals surface area contributed by atoms with E-state index < -0.39 is 0 Å². The Labute approximate surface area is 116 Å². The van der Waals surface area contributed by atoms with Crippen LogP contribution in [0, 0.1) is 20.4 Å². The van der Waals surface area contributed by atoms with Crippen LogP contribution in [0.1, 0.15) is 11.3 Å². The summed E-state index contributed by atoms with van der Waals surface area (Å²) in [7, 11) is 0. The van der Waals surface area contributed by atoms with Gasteiger partial charge in [-0.05, 0) is 54.8 Å². The first kappa shape index (κ1) is 12.3. The van der Waals surface area contributed by atoms with Crippen molar-refractivity contribution < 1.29 is 9.52 Å². The third-order valence-electron chi connectivity index (χ3n) is 3.39. The number of hydrogen-bond donors (Lipinski definition) is 1. The number of rotatable bonds is 1. The van der Waals surface area contributed by atoms with Gasteiger partial charge in [0.2, 0.25) is 0 Å². The van der Waals surface area contributed by atoms with Crippen molar-refractivity contribution in [3.05, 3.63) is 59.1 Å². The monoisotopic (exact) mass is 263 g/mol. The van der Waals surface area contributed by atoms with Gasteiger partial charge < -0.3 is 9.52 Å². The lowest BCUT2D eigenvalue weighted by molar-refractivity contribution is 0.471. The number of fused-ring (bicyclic) bond motifs is 1. The zero-order valence-corrected chi connectivity index (χ0v) is 11.3. The predicted molar refractivity (Wildman–Crippen MR) is 79.1 cm³/mol. The summed E-state index contributed by atoms with van der Waals surface area (Å²) in [6, 6.07) is 11.1. The normalized spacial score (nSPS) is 10.7. The van der Waals surface area contributed by atoms with Crippen molar-refractivity contribution in [1.29, 1.82) is 0 Å². The van der Waals surface area contributed by atoms with Gasteiger partial charge in [0, 0.05) is 5.39 Å². The first-order valence-electron chi connectivity index (χ1n) is 6.30. The van der Waals surface area contributed by atoms with Gasteiger partial charge in [0.05, 0.1) is 6.57 Å². The van der Waals surface area contributed by atoms with Gasteiger partial charge in [-0.25, -0.2) is 4.85 Å². The molecular weight excluding hydrogens is 250 g/mol. The molecule has 0 bridgehead atoms. The molecule has 0 aliphatic heterocycles. The van der Waals surface area contributed by atoms with Crippen molar-refractivity contribution in [3.63, 3.8) is 0 Å². The number of phenols is 1. The van der Waals surface area contributed by atoms with Crippen molar-refractivity contribution in [1.82, 2.24) is 0 Å². The lowest BCUT2D eigenvalue weighted by atomic mass is 9.99. The summed E-state index contributed by atoms with van der Waals surface area (Å²) < 4.78 is 5.62. The van der Waals surface area contributed by atoms with E-state index in [2.05, 4.69) is 4.85 Å². The summed E-state index contributed by atoms with van der Waals surface area (Å²) in [4.78, 5) is 3.48. The Hall–Kier alpha value is -2.73. The summed E-state index contributed by atoms with van der Waals surface area (Å²) in [5.74, 6) is 1.06. The van der Waals surface area contributed by atoms with Crippen LogP contribution in [0.25, 0.3) is 26.9 Å². The highest BCUT2D eigenvalue weighted by molar-refractivity contribution is 5.97. The zero-order valence-electron chi connectivity index (χ0n) is 11.3. The van der Waals surface area contributed by atoms with Crippen LogP contribution >= 0.6 is 0 Å².